The second-order valence-electron chi connectivity index (χ2n) is 15.7. The van der Waals surface area contributed by atoms with E-state index in [1.54, 1.807) is 0 Å². The van der Waals surface area contributed by atoms with Crippen molar-refractivity contribution < 1.29 is 4.42 Å². The number of nitrogens with zero attached hydrogens (tertiary/aromatic N) is 1. The molecule has 0 spiro atoms. The Balaban J connectivity index is 1.02. The number of nitrogens with one attached hydrogen (secondary N) is 1. The average Bonchev–Trinajstić information content (AvgIpc) is 3.94. The third-order valence-corrected chi connectivity index (χ3v) is 12.4. The molecule has 0 aliphatic heterocycles. The summed E-state index contributed by atoms with van der Waals surface area (Å²) in [6.45, 7) is 4.75. The molecule has 0 unspecified atom stereocenters. The van der Waals surface area contributed by atoms with Gasteiger partial charge in [0.15, 0.2) is 0 Å². The number of hydrogen-bond donors (Lipinski definition) is 1. The highest BCUT2D eigenvalue weighted by Crippen LogP contribution is 2.53. The zero-order valence-corrected chi connectivity index (χ0v) is 30.2. The molecule has 2 aliphatic carbocycles. The molecule has 3 nitrogen and oxygen atoms in total. The predicted molar refractivity (Wildman–Crippen MR) is 226 cm³/mol. The number of aromatic amines is 1. The number of furan rings is 1. The van der Waals surface area contributed by atoms with Gasteiger partial charge >= 0.3 is 0 Å². The normalized spacial score (nSPS) is 14.4. The van der Waals surface area contributed by atoms with Crippen LogP contribution < -0.4 is 0 Å². The molecular formula is C51H36N2O. The highest BCUT2D eigenvalue weighted by atomic mass is 16.3. The van der Waals surface area contributed by atoms with Crippen LogP contribution in [-0.2, 0) is 11.8 Å². The molecular weight excluding hydrogens is 657 g/mol. The van der Waals surface area contributed by atoms with E-state index >= 15 is 0 Å². The van der Waals surface area contributed by atoms with E-state index in [1.807, 2.05) is 0 Å². The zero-order chi connectivity index (χ0) is 35.7. The molecule has 0 saturated carbocycles. The van der Waals surface area contributed by atoms with Crippen LogP contribution in [0, 0.1) is 0 Å². The summed E-state index contributed by atoms with van der Waals surface area (Å²) < 4.78 is 8.63. The quantitative estimate of drug-likeness (QED) is 0.196. The molecule has 0 fully saturated rings. The van der Waals surface area contributed by atoms with Crippen molar-refractivity contribution in [2.75, 3.05) is 0 Å². The number of H-pyrrole nitrogens is 1. The third-order valence-electron chi connectivity index (χ3n) is 12.4. The van der Waals surface area contributed by atoms with Crippen LogP contribution in [0.5, 0.6) is 0 Å². The number of benzene rings is 7. The fourth-order valence-electron chi connectivity index (χ4n) is 9.72. The van der Waals surface area contributed by atoms with Crippen LogP contribution >= 0.6 is 0 Å². The predicted octanol–water partition coefficient (Wildman–Crippen LogP) is 13.8. The fourth-order valence-corrected chi connectivity index (χ4v) is 9.72. The summed E-state index contributed by atoms with van der Waals surface area (Å²) in [4.78, 5) is 3.78. The van der Waals surface area contributed by atoms with E-state index in [0.717, 1.165) is 29.9 Å². The summed E-state index contributed by atoms with van der Waals surface area (Å²) >= 11 is 0. The first-order chi connectivity index (χ1) is 26.5. The van der Waals surface area contributed by atoms with Crippen LogP contribution in [0.4, 0.5) is 0 Å². The van der Waals surface area contributed by atoms with Crippen molar-refractivity contribution in [3.63, 3.8) is 0 Å². The minimum Gasteiger partial charge on any atom is -0.456 e. The molecule has 7 aromatic carbocycles. The molecule has 0 bridgehead atoms. The highest BCUT2D eigenvalue weighted by Gasteiger charge is 2.37. The summed E-state index contributed by atoms with van der Waals surface area (Å²) in [5.41, 5.74) is 18.5. The smallest absolute Gasteiger partial charge is 0.135 e. The fraction of sp³-hybridized carbons (Fsp3) is 0.0980. The maximum Gasteiger partial charge on any atom is 0.135 e. The van der Waals surface area contributed by atoms with E-state index in [4.69, 9.17) is 4.42 Å². The molecule has 1 N–H and O–H groups in total. The van der Waals surface area contributed by atoms with Crippen molar-refractivity contribution in [2.24, 2.45) is 0 Å². The van der Waals surface area contributed by atoms with Crippen molar-refractivity contribution in [1.29, 1.82) is 0 Å². The van der Waals surface area contributed by atoms with Gasteiger partial charge in [-0.2, -0.15) is 0 Å². The Morgan fingerprint density at radius 2 is 1.33 bits per heavy atom. The summed E-state index contributed by atoms with van der Waals surface area (Å²) in [6, 6.07) is 51.9. The molecule has 3 aromatic heterocycles. The Bertz CT molecular complexity index is 3240. The number of fused-ring (bicyclic) bond motifs is 13. The van der Waals surface area contributed by atoms with Gasteiger partial charge < -0.3 is 14.0 Å². The Kier molecular flexibility index (Phi) is 5.96. The summed E-state index contributed by atoms with van der Waals surface area (Å²) in [5.74, 6) is 1.01. The van der Waals surface area contributed by atoms with Crippen molar-refractivity contribution >= 4 is 60.7 Å². The number of para-hydroxylation sites is 2. The van der Waals surface area contributed by atoms with Crippen LogP contribution in [-0.4, -0.2) is 9.55 Å². The van der Waals surface area contributed by atoms with E-state index in [-0.39, 0.29) is 5.41 Å². The van der Waals surface area contributed by atoms with Crippen molar-refractivity contribution in [2.45, 2.75) is 32.1 Å². The van der Waals surface area contributed by atoms with Crippen molar-refractivity contribution in [3.05, 3.63) is 168 Å². The van der Waals surface area contributed by atoms with Gasteiger partial charge in [-0.3, -0.25) is 0 Å². The summed E-state index contributed by atoms with van der Waals surface area (Å²) in [5, 5.41) is 6.31. The lowest BCUT2D eigenvalue weighted by Gasteiger charge is -2.22. The van der Waals surface area contributed by atoms with Gasteiger partial charge in [0.1, 0.15) is 11.3 Å². The molecule has 0 saturated heterocycles. The third kappa shape index (κ3) is 4.07. The van der Waals surface area contributed by atoms with Gasteiger partial charge in [0.05, 0.1) is 16.6 Å². The van der Waals surface area contributed by atoms with E-state index in [1.165, 1.54) is 99.1 Å². The SMILES string of the molecule is CC1(C)c2cc(-c3ccc4c5cc(-c6ccc7oc8c(c7c6)CCC=C8)ccc5n(-c5ccccc5)c4c3)ccc2-c2c1ccc1c2[nH]c2ccccc21. The number of aryl methyl sites for hydroxylation is 1. The van der Waals surface area contributed by atoms with Gasteiger partial charge in [0.2, 0.25) is 0 Å². The van der Waals surface area contributed by atoms with Crippen LogP contribution in [0.1, 0.15) is 42.7 Å². The maximum absolute atomic E-state index is 6.20. The van der Waals surface area contributed by atoms with Crippen LogP contribution in [0.3, 0.4) is 0 Å². The van der Waals surface area contributed by atoms with E-state index < -0.39 is 0 Å². The first kappa shape index (κ1) is 29.9. The largest absolute Gasteiger partial charge is 0.456 e. The zero-order valence-electron chi connectivity index (χ0n) is 30.2. The Morgan fingerprint density at radius 3 is 2.24 bits per heavy atom. The average molecular weight is 693 g/mol. The topological polar surface area (TPSA) is 33.9 Å². The number of allylic oxidation sites excluding steroid dienone is 1. The molecule has 0 atom stereocenters. The van der Waals surface area contributed by atoms with E-state index in [9.17, 15) is 0 Å². The maximum atomic E-state index is 6.20. The first-order valence-electron chi connectivity index (χ1n) is 19.1. The van der Waals surface area contributed by atoms with Gasteiger partial charge in [-0.05, 0) is 112 Å². The lowest BCUT2D eigenvalue weighted by Crippen LogP contribution is -2.15. The van der Waals surface area contributed by atoms with Crippen LogP contribution in [0.15, 0.2) is 150 Å². The van der Waals surface area contributed by atoms with Gasteiger partial charge in [-0.15, -0.1) is 0 Å². The molecule has 3 heterocycles. The number of rotatable bonds is 3. The second kappa shape index (κ2) is 10.7. The highest BCUT2D eigenvalue weighted by molar-refractivity contribution is 6.14. The van der Waals surface area contributed by atoms with E-state index in [2.05, 4.69) is 175 Å². The Labute approximate surface area is 312 Å². The van der Waals surface area contributed by atoms with Gasteiger partial charge in [-0.1, -0.05) is 105 Å². The Morgan fingerprint density at radius 1 is 0.593 bits per heavy atom. The Hall–Kier alpha value is -6.58. The molecule has 0 radical (unpaired) electrons. The summed E-state index contributed by atoms with van der Waals surface area (Å²) in [7, 11) is 0. The lowest BCUT2D eigenvalue weighted by atomic mass is 9.81. The van der Waals surface area contributed by atoms with Crippen molar-refractivity contribution in [1.82, 2.24) is 9.55 Å². The van der Waals surface area contributed by atoms with Crippen molar-refractivity contribution in [3.8, 4) is 39.1 Å². The van der Waals surface area contributed by atoms with E-state index in [0.29, 0.717) is 0 Å². The van der Waals surface area contributed by atoms with Gasteiger partial charge in [0, 0.05) is 54.7 Å². The van der Waals surface area contributed by atoms with Gasteiger partial charge in [0.25, 0.3) is 0 Å². The second-order valence-corrected chi connectivity index (χ2v) is 15.7. The monoisotopic (exact) mass is 692 g/mol. The molecule has 3 heteroatoms. The summed E-state index contributed by atoms with van der Waals surface area (Å²) in [6.07, 6.45) is 6.42. The van der Waals surface area contributed by atoms with Gasteiger partial charge in [-0.25, -0.2) is 0 Å². The molecule has 256 valence electrons. The minimum absolute atomic E-state index is 0.124. The number of aromatic nitrogens is 2. The first-order valence-corrected chi connectivity index (χ1v) is 19.1. The molecule has 54 heavy (non-hydrogen) atoms. The minimum atomic E-state index is -0.124. The lowest BCUT2D eigenvalue weighted by molar-refractivity contribution is 0.595. The number of hydrogen-bond acceptors (Lipinski definition) is 1. The molecule has 2 aliphatic rings. The van der Waals surface area contributed by atoms with Crippen LogP contribution in [0.2, 0.25) is 0 Å². The molecule has 12 rings (SSSR count). The molecule has 10 aromatic rings. The van der Waals surface area contributed by atoms with Crippen LogP contribution in [0.25, 0.3) is 99.7 Å². The standard InChI is InChI=1S/C51H36N2O/c1-51(2)42-23-22-38-35-12-6-8-14-44(35)52-50(38)49(42)39-21-17-32(28-43(39)51)33-16-20-36-40-26-30(18-24-45(40)53(46(36)29-33)34-10-4-3-5-11-34)31-19-25-48-41(27-31)37-13-7-9-15-47(37)54-48/h3-6,8-12,14-29,52H,7,13H2,1-2H3. The molecule has 0 amide bonds.